The maximum Gasteiger partial charge on any atom is 0.261 e. The Morgan fingerprint density at radius 2 is 1.61 bits per heavy atom. The Kier molecular flexibility index (Phi) is 6.15. The lowest BCUT2D eigenvalue weighted by Crippen LogP contribution is -2.35. The van der Waals surface area contributed by atoms with Crippen molar-refractivity contribution in [3.8, 4) is 5.75 Å². The number of halogens is 4. The molecule has 3 rings (SSSR count). The zero-order chi connectivity index (χ0) is 20.3. The van der Waals surface area contributed by atoms with Gasteiger partial charge in [0.1, 0.15) is 5.56 Å². The van der Waals surface area contributed by atoms with Crippen molar-refractivity contribution in [1.82, 2.24) is 4.90 Å². The van der Waals surface area contributed by atoms with Gasteiger partial charge in [-0.05, 0) is 17.7 Å². The molecule has 5 nitrogen and oxygen atoms in total. The van der Waals surface area contributed by atoms with E-state index in [1.54, 1.807) is 24.3 Å². The van der Waals surface area contributed by atoms with Gasteiger partial charge in [-0.1, -0.05) is 12.1 Å². The van der Waals surface area contributed by atoms with E-state index in [2.05, 4.69) is 15.0 Å². The normalized spacial score (nSPS) is 14.8. The largest absolute Gasteiger partial charge is 0.491 e. The van der Waals surface area contributed by atoms with E-state index in [0.29, 0.717) is 19.8 Å². The highest BCUT2D eigenvalue weighted by atomic mass is 19.2. The molecule has 0 bridgehead atoms. The first-order chi connectivity index (χ1) is 13.4. The highest BCUT2D eigenvalue weighted by Crippen LogP contribution is 2.30. The third kappa shape index (κ3) is 4.10. The average Bonchev–Trinajstić information content (AvgIpc) is 2.69. The Morgan fingerprint density at radius 1 is 1.04 bits per heavy atom. The molecule has 1 amide bonds. The van der Waals surface area contributed by atoms with Crippen LogP contribution in [0.4, 0.5) is 23.2 Å². The topological polar surface area (TPSA) is 50.8 Å². The standard InChI is InChI=1S/C19H18F4N2O3/c1-27-18-16(22)14(20)13(15(21)17(18)23)19(26)24-12-4-2-11(3-5-12)10-25-6-8-28-9-7-25/h2-5H,6-10H2,1H3,(H,24,26). The van der Waals surface area contributed by atoms with Gasteiger partial charge in [-0.3, -0.25) is 9.69 Å². The summed E-state index contributed by atoms with van der Waals surface area (Å²) in [7, 11) is 0.860. The molecule has 1 fully saturated rings. The van der Waals surface area contributed by atoms with Crippen LogP contribution in [0.2, 0.25) is 0 Å². The van der Waals surface area contributed by atoms with Gasteiger partial charge < -0.3 is 14.8 Å². The van der Waals surface area contributed by atoms with Gasteiger partial charge >= 0.3 is 0 Å². The minimum Gasteiger partial charge on any atom is -0.491 e. The third-order valence-corrected chi connectivity index (χ3v) is 4.38. The fraction of sp³-hybridized carbons (Fsp3) is 0.316. The molecule has 150 valence electrons. The molecule has 1 heterocycles. The molecule has 2 aromatic carbocycles. The highest BCUT2D eigenvalue weighted by Gasteiger charge is 2.30. The minimum atomic E-state index is -1.82. The summed E-state index contributed by atoms with van der Waals surface area (Å²) in [6.07, 6.45) is 0. The number of anilines is 1. The van der Waals surface area contributed by atoms with Gasteiger partial charge in [0.15, 0.2) is 17.4 Å². The van der Waals surface area contributed by atoms with Crippen LogP contribution in [0.1, 0.15) is 15.9 Å². The van der Waals surface area contributed by atoms with Crippen molar-refractivity contribution >= 4 is 11.6 Å². The van der Waals surface area contributed by atoms with Crippen LogP contribution in [-0.2, 0) is 11.3 Å². The second-order valence-corrected chi connectivity index (χ2v) is 6.20. The number of carbonyl (C=O) groups excluding carboxylic acids is 1. The average molecular weight is 398 g/mol. The van der Waals surface area contributed by atoms with E-state index in [1.807, 2.05) is 0 Å². The van der Waals surface area contributed by atoms with Crippen LogP contribution in [0.5, 0.6) is 5.75 Å². The molecule has 0 saturated carbocycles. The number of benzene rings is 2. The Balaban J connectivity index is 1.74. The summed E-state index contributed by atoms with van der Waals surface area (Å²) >= 11 is 0. The quantitative estimate of drug-likeness (QED) is 0.620. The number of hydrogen-bond acceptors (Lipinski definition) is 4. The van der Waals surface area contributed by atoms with Crippen molar-refractivity contribution in [3.63, 3.8) is 0 Å². The molecule has 0 aromatic heterocycles. The molecule has 1 saturated heterocycles. The molecule has 2 aromatic rings. The zero-order valence-electron chi connectivity index (χ0n) is 15.0. The van der Waals surface area contributed by atoms with Crippen LogP contribution in [0, 0.1) is 23.3 Å². The fourth-order valence-corrected chi connectivity index (χ4v) is 2.89. The Hall–Kier alpha value is -2.65. The van der Waals surface area contributed by atoms with Gasteiger partial charge in [-0.25, -0.2) is 8.78 Å². The SMILES string of the molecule is COc1c(F)c(F)c(C(=O)Nc2ccc(CN3CCOCC3)cc2)c(F)c1F. The number of hydrogen-bond donors (Lipinski definition) is 1. The van der Waals surface area contributed by atoms with E-state index in [-0.39, 0.29) is 5.69 Å². The lowest BCUT2D eigenvalue weighted by molar-refractivity contribution is 0.0342. The number of methoxy groups -OCH3 is 1. The van der Waals surface area contributed by atoms with Gasteiger partial charge in [0.05, 0.1) is 20.3 Å². The first-order valence-corrected chi connectivity index (χ1v) is 8.52. The molecule has 0 unspecified atom stereocenters. The van der Waals surface area contributed by atoms with Gasteiger partial charge in [0.2, 0.25) is 11.6 Å². The summed E-state index contributed by atoms with van der Waals surface area (Å²) in [6, 6.07) is 6.57. The zero-order valence-corrected chi connectivity index (χ0v) is 15.0. The number of rotatable bonds is 5. The number of nitrogens with one attached hydrogen (secondary N) is 1. The van der Waals surface area contributed by atoms with E-state index in [1.165, 1.54) is 0 Å². The third-order valence-electron chi connectivity index (χ3n) is 4.38. The molecule has 1 N–H and O–H groups in total. The number of amides is 1. The van der Waals surface area contributed by atoms with Crippen LogP contribution in [0.25, 0.3) is 0 Å². The predicted octanol–water partition coefficient (Wildman–Crippen LogP) is 3.34. The Bertz CT molecular complexity index is 839. The number of carbonyl (C=O) groups is 1. The van der Waals surface area contributed by atoms with Crippen LogP contribution < -0.4 is 10.1 Å². The maximum absolute atomic E-state index is 14.0. The predicted molar refractivity (Wildman–Crippen MR) is 93.3 cm³/mol. The van der Waals surface area contributed by atoms with Crippen molar-refractivity contribution < 1.29 is 31.8 Å². The summed E-state index contributed by atoms with van der Waals surface area (Å²) in [5, 5.41) is 2.24. The molecule has 9 heteroatoms. The Morgan fingerprint density at radius 3 is 2.14 bits per heavy atom. The van der Waals surface area contributed by atoms with Crippen molar-refractivity contribution in [2.75, 3.05) is 38.7 Å². The van der Waals surface area contributed by atoms with Gasteiger partial charge in [-0.2, -0.15) is 8.78 Å². The van der Waals surface area contributed by atoms with Gasteiger partial charge in [0, 0.05) is 25.3 Å². The highest BCUT2D eigenvalue weighted by molar-refractivity contribution is 6.04. The molecule has 0 radical (unpaired) electrons. The van der Waals surface area contributed by atoms with Crippen LogP contribution in [0.3, 0.4) is 0 Å². The van der Waals surface area contributed by atoms with Crippen molar-refractivity contribution in [2.45, 2.75) is 6.54 Å². The summed E-state index contributed by atoms with van der Waals surface area (Å²) < 4.78 is 65.2. The second-order valence-electron chi connectivity index (χ2n) is 6.20. The second kappa shape index (κ2) is 8.57. The van der Waals surface area contributed by atoms with Gasteiger partial charge in [0.25, 0.3) is 5.91 Å². The summed E-state index contributed by atoms with van der Waals surface area (Å²) in [5.41, 5.74) is -0.154. The van der Waals surface area contributed by atoms with Crippen LogP contribution in [-0.4, -0.2) is 44.2 Å². The first kappa shape index (κ1) is 20.1. The van der Waals surface area contributed by atoms with E-state index in [9.17, 15) is 22.4 Å². The maximum atomic E-state index is 14.0. The molecule has 1 aliphatic heterocycles. The fourth-order valence-electron chi connectivity index (χ4n) is 2.89. The van der Waals surface area contributed by atoms with Gasteiger partial charge in [-0.15, -0.1) is 0 Å². The molecule has 0 spiro atoms. The summed E-state index contributed by atoms with van der Waals surface area (Å²) in [4.78, 5) is 14.4. The lowest BCUT2D eigenvalue weighted by atomic mass is 10.1. The molecular formula is C19H18F4N2O3. The molecule has 0 aliphatic carbocycles. The smallest absolute Gasteiger partial charge is 0.261 e. The minimum absolute atomic E-state index is 0.228. The number of nitrogens with zero attached hydrogens (tertiary/aromatic N) is 1. The number of morpholine rings is 1. The van der Waals surface area contributed by atoms with Crippen molar-refractivity contribution in [3.05, 3.63) is 58.7 Å². The monoisotopic (exact) mass is 398 g/mol. The number of ether oxygens (including phenoxy) is 2. The van der Waals surface area contributed by atoms with Crippen molar-refractivity contribution in [2.24, 2.45) is 0 Å². The molecule has 0 atom stereocenters. The van der Waals surface area contributed by atoms with E-state index < -0.39 is 40.5 Å². The van der Waals surface area contributed by atoms with Crippen LogP contribution >= 0.6 is 0 Å². The molecule has 1 aliphatic rings. The summed E-state index contributed by atoms with van der Waals surface area (Å²) in [6.45, 7) is 3.65. The molecular weight excluding hydrogens is 380 g/mol. The Labute approximate surface area is 158 Å². The van der Waals surface area contributed by atoms with E-state index >= 15 is 0 Å². The van der Waals surface area contributed by atoms with E-state index in [4.69, 9.17) is 4.74 Å². The van der Waals surface area contributed by atoms with E-state index in [0.717, 1.165) is 25.8 Å². The first-order valence-electron chi connectivity index (χ1n) is 8.52. The van der Waals surface area contributed by atoms with Crippen LogP contribution in [0.15, 0.2) is 24.3 Å². The summed E-state index contributed by atoms with van der Waals surface area (Å²) in [5.74, 6) is -9.72. The lowest BCUT2D eigenvalue weighted by Gasteiger charge is -2.26. The van der Waals surface area contributed by atoms with Crippen molar-refractivity contribution in [1.29, 1.82) is 0 Å². The molecule has 28 heavy (non-hydrogen) atoms.